The Bertz CT molecular complexity index is 537. The Hall–Kier alpha value is -1.43. The van der Waals surface area contributed by atoms with E-state index in [9.17, 15) is 4.39 Å². The molecule has 0 spiro atoms. The maximum atomic E-state index is 12.8. The Morgan fingerprint density at radius 3 is 3.06 bits per heavy atom. The second kappa shape index (κ2) is 4.10. The molecule has 6 heteroatoms. The molecular formula is C11H10BrFN4. The number of nitrogens with zero attached hydrogens (tertiary/aromatic N) is 3. The molecule has 0 bridgehead atoms. The van der Waals surface area contributed by atoms with Crippen LogP contribution in [-0.4, -0.2) is 21.3 Å². The van der Waals surface area contributed by atoms with Crippen LogP contribution in [0.5, 0.6) is 0 Å². The molecule has 88 valence electrons. The molecule has 0 radical (unpaired) electrons. The predicted molar refractivity (Wildman–Crippen MR) is 65.4 cm³/mol. The van der Waals surface area contributed by atoms with Gasteiger partial charge in [0.15, 0.2) is 0 Å². The zero-order chi connectivity index (χ0) is 11.8. The first kappa shape index (κ1) is 10.7. The van der Waals surface area contributed by atoms with Gasteiger partial charge in [-0.1, -0.05) is 0 Å². The average Bonchev–Trinajstić information content (AvgIpc) is 2.73. The van der Waals surface area contributed by atoms with E-state index in [1.165, 1.54) is 12.3 Å². The molecule has 0 aromatic carbocycles. The third-order valence-electron chi connectivity index (χ3n) is 2.85. The number of rotatable bonds is 1. The SMILES string of the molecule is Fc1ccc(C2CCNc3c(Br)cnn32)nc1. The second-order valence-corrected chi connectivity index (χ2v) is 4.77. The normalized spacial score (nSPS) is 18.6. The lowest BCUT2D eigenvalue weighted by Gasteiger charge is -2.25. The van der Waals surface area contributed by atoms with E-state index in [0.717, 1.165) is 29.0 Å². The van der Waals surface area contributed by atoms with Gasteiger partial charge in [0.2, 0.25) is 0 Å². The first-order valence-corrected chi connectivity index (χ1v) is 6.13. The Balaban J connectivity index is 2.02. The van der Waals surface area contributed by atoms with E-state index in [4.69, 9.17) is 0 Å². The molecule has 1 unspecified atom stereocenters. The van der Waals surface area contributed by atoms with Crippen molar-refractivity contribution < 1.29 is 4.39 Å². The third-order valence-corrected chi connectivity index (χ3v) is 3.43. The highest BCUT2D eigenvalue weighted by Crippen LogP contribution is 2.32. The smallest absolute Gasteiger partial charge is 0.141 e. The second-order valence-electron chi connectivity index (χ2n) is 3.92. The van der Waals surface area contributed by atoms with Crippen LogP contribution in [0.4, 0.5) is 10.2 Å². The number of hydrogen-bond acceptors (Lipinski definition) is 3. The number of anilines is 1. The zero-order valence-electron chi connectivity index (χ0n) is 8.90. The van der Waals surface area contributed by atoms with Crippen LogP contribution in [0.25, 0.3) is 0 Å². The number of hydrogen-bond donors (Lipinski definition) is 1. The van der Waals surface area contributed by atoms with Crippen molar-refractivity contribution in [3.63, 3.8) is 0 Å². The minimum atomic E-state index is -0.315. The predicted octanol–water partition coefficient (Wildman–Crippen LogP) is 2.58. The fourth-order valence-corrected chi connectivity index (χ4v) is 2.46. The van der Waals surface area contributed by atoms with Gasteiger partial charge in [0.05, 0.1) is 28.6 Å². The van der Waals surface area contributed by atoms with Gasteiger partial charge in [-0.05, 0) is 34.5 Å². The van der Waals surface area contributed by atoms with Crippen molar-refractivity contribution >= 4 is 21.7 Å². The molecule has 3 heterocycles. The molecule has 1 N–H and O–H groups in total. The fourth-order valence-electron chi connectivity index (χ4n) is 2.05. The third kappa shape index (κ3) is 1.82. The molecule has 0 saturated carbocycles. The van der Waals surface area contributed by atoms with Gasteiger partial charge < -0.3 is 5.32 Å². The lowest BCUT2D eigenvalue weighted by molar-refractivity contribution is 0.469. The lowest BCUT2D eigenvalue weighted by Crippen LogP contribution is -2.25. The van der Waals surface area contributed by atoms with Crippen molar-refractivity contribution in [1.82, 2.24) is 14.8 Å². The summed E-state index contributed by atoms with van der Waals surface area (Å²) in [5.74, 6) is 0.636. The molecule has 4 nitrogen and oxygen atoms in total. The Morgan fingerprint density at radius 1 is 1.41 bits per heavy atom. The van der Waals surface area contributed by atoms with E-state index < -0.39 is 0 Å². The molecule has 3 rings (SSSR count). The lowest BCUT2D eigenvalue weighted by atomic mass is 10.1. The van der Waals surface area contributed by atoms with Crippen LogP contribution in [0, 0.1) is 5.82 Å². The summed E-state index contributed by atoms with van der Waals surface area (Å²) in [4.78, 5) is 4.13. The molecular weight excluding hydrogens is 287 g/mol. The Labute approximate surface area is 106 Å². The van der Waals surface area contributed by atoms with Crippen LogP contribution in [0.1, 0.15) is 18.2 Å². The molecule has 1 aliphatic rings. The molecule has 17 heavy (non-hydrogen) atoms. The van der Waals surface area contributed by atoms with Gasteiger partial charge in [-0.25, -0.2) is 9.07 Å². The van der Waals surface area contributed by atoms with Gasteiger partial charge in [0.1, 0.15) is 11.6 Å². The van der Waals surface area contributed by atoms with Gasteiger partial charge in [-0.3, -0.25) is 4.98 Å². The summed E-state index contributed by atoms with van der Waals surface area (Å²) in [6.45, 7) is 0.855. The highest BCUT2D eigenvalue weighted by atomic mass is 79.9. The summed E-state index contributed by atoms with van der Waals surface area (Å²) in [7, 11) is 0. The van der Waals surface area contributed by atoms with Gasteiger partial charge in [0, 0.05) is 6.54 Å². The van der Waals surface area contributed by atoms with Gasteiger partial charge in [0.25, 0.3) is 0 Å². The van der Waals surface area contributed by atoms with Crippen LogP contribution in [-0.2, 0) is 0 Å². The van der Waals surface area contributed by atoms with Crippen molar-refractivity contribution in [3.05, 3.63) is 40.5 Å². The molecule has 1 atom stereocenters. The van der Waals surface area contributed by atoms with E-state index in [1.807, 2.05) is 4.68 Å². The summed E-state index contributed by atoms with van der Waals surface area (Å²) < 4.78 is 15.7. The number of fused-ring (bicyclic) bond motifs is 1. The monoisotopic (exact) mass is 296 g/mol. The largest absolute Gasteiger partial charge is 0.369 e. The maximum Gasteiger partial charge on any atom is 0.141 e. The Kier molecular flexibility index (Phi) is 2.58. The molecule has 2 aromatic rings. The zero-order valence-corrected chi connectivity index (χ0v) is 10.5. The molecule has 0 aliphatic carbocycles. The quantitative estimate of drug-likeness (QED) is 0.879. The molecule has 0 saturated heterocycles. The molecule has 0 amide bonds. The van der Waals surface area contributed by atoms with Crippen molar-refractivity contribution in [2.75, 3.05) is 11.9 Å². The summed E-state index contributed by atoms with van der Waals surface area (Å²) in [5.41, 5.74) is 0.838. The van der Waals surface area contributed by atoms with Crippen LogP contribution in [0.2, 0.25) is 0 Å². The Morgan fingerprint density at radius 2 is 2.29 bits per heavy atom. The van der Waals surface area contributed by atoms with E-state index >= 15 is 0 Å². The first-order valence-electron chi connectivity index (χ1n) is 5.34. The van der Waals surface area contributed by atoms with Gasteiger partial charge >= 0.3 is 0 Å². The molecule has 0 fully saturated rings. The minimum absolute atomic E-state index is 0.0677. The maximum absolute atomic E-state index is 12.8. The van der Waals surface area contributed by atoms with Crippen molar-refractivity contribution in [2.24, 2.45) is 0 Å². The van der Waals surface area contributed by atoms with Crippen LogP contribution < -0.4 is 5.32 Å². The van der Waals surface area contributed by atoms with Crippen LogP contribution in [0.3, 0.4) is 0 Å². The number of pyridine rings is 1. The van der Waals surface area contributed by atoms with E-state index in [2.05, 4.69) is 31.3 Å². The van der Waals surface area contributed by atoms with Gasteiger partial charge in [-0.15, -0.1) is 0 Å². The van der Waals surface area contributed by atoms with E-state index in [1.54, 1.807) is 12.3 Å². The molecule has 1 aliphatic heterocycles. The van der Waals surface area contributed by atoms with Gasteiger partial charge in [-0.2, -0.15) is 5.10 Å². The number of nitrogens with one attached hydrogen (secondary N) is 1. The number of halogens is 2. The summed E-state index contributed by atoms with van der Waals surface area (Å²) in [6.07, 6.45) is 3.89. The van der Waals surface area contributed by atoms with Crippen LogP contribution in [0.15, 0.2) is 29.0 Å². The summed E-state index contributed by atoms with van der Waals surface area (Å²) in [5, 5.41) is 7.58. The standard InChI is InChI=1S/C11H10BrFN4/c12-8-6-16-17-10(3-4-14-11(8)17)9-2-1-7(13)5-15-9/h1-2,5-6,10,14H,3-4H2. The van der Waals surface area contributed by atoms with Crippen molar-refractivity contribution in [3.8, 4) is 0 Å². The van der Waals surface area contributed by atoms with E-state index in [0.29, 0.717) is 0 Å². The number of aromatic nitrogens is 3. The topological polar surface area (TPSA) is 42.7 Å². The first-order chi connectivity index (χ1) is 8.25. The summed E-state index contributed by atoms with van der Waals surface area (Å²) in [6, 6.07) is 3.21. The van der Waals surface area contributed by atoms with Crippen LogP contribution >= 0.6 is 15.9 Å². The fraction of sp³-hybridized carbons (Fsp3) is 0.273. The van der Waals surface area contributed by atoms with Crippen molar-refractivity contribution in [1.29, 1.82) is 0 Å². The van der Waals surface area contributed by atoms with Crippen molar-refractivity contribution in [2.45, 2.75) is 12.5 Å². The highest BCUT2D eigenvalue weighted by molar-refractivity contribution is 9.10. The molecule has 2 aromatic heterocycles. The highest BCUT2D eigenvalue weighted by Gasteiger charge is 2.24. The van der Waals surface area contributed by atoms with E-state index in [-0.39, 0.29) is 11.9 Å². The minimum Gasteiger partial charge on any atom is -0.369 e. The summed E-state index contributed by atoms with van der Waals surface area (Å²) >= 11 is 3.44. The average molecular weight is 297 g/mol.